The molecule has 0 spiro atoms. The van der Waals surface area contributed by atoms with Gasteiger partial charge in [-0.2, -0.15) is 0 Å². The zero-order chi connectivity index (χ0) is 26.8. The Labute approximate surface area is 240 Å². The van der Waals surface area contributed by atoms with Crippen LogP contribution in [0.2, 0.25) is 10.0 Å². The van der Waals surface area contributed by atoms with Crippen LogP contribution in [0.5, 0.6) is 0 Å². The lowest BCUT2D eigenvalue weighted by Gasteiger charge is -2.47. The first-order chi connectivity index (χ1) is 19.0. The van der Waals surface area contributed by atoms with Crippen molar-refractivity contribution in [3.8, 4) is 0 Å². The Morgan fingerprint density at radius 3 is 2.10 bits per heavy atom. The smallest absolute Gasteiger partial charge is 0.225 e. The zero-order valence-electron chi connectivity index (χ0n) is 22.0. The highest BCUT2D eigenvalue weighted by atomic mass is 35.5. The van der Waals surface area contributed by atoms with Crippen LogP contribution in [0.1, 0.15) is 55.6 Å². The number of aromatic nitrogens is 2. The van der Waals surface area contributed by atoms with Gasteiger partial charge in [0.05, 0.1) is 0 Å². The molecule has 6 rings (SSSR count). The monoisotopic (exact) mass is 563 g/mol. The number of amides is 1. The summed E-state index contributed by atoms with van der Waals surface area (Å²) in [5.41, 5.74) is 2.56. The van der Waals surface area contributed by atoms with Crippen molar-refractivity contribution in [1.29, 1.82) is 0 Å². The maximum Gasteiger partial charge on any atom is 0.225 e. The maximum absolute atomic E-state index is 12.7. The van der Waals surface area contributed by atoms with Gasteiger partial charge in [-0.15, -0.1) is 0 Å². The Morgan fingerprint density at radius 2 is 1.49 bits per heavy atom. The zero-order valence-corrected chi connectivity index (χ0v) is 23.5. The van der Waals surface area contributed by atoms with Crippen LogP contribution < -0.4 is 15.5 Å². The van der Waals surface area contributed by atoms with Crippen molar-refractivity contribution in [1.82, 2.24) is 20.6 Å². The van der Waals surface area contributed by atoms with Crippen LogP contribution >= 0.6 is 23.2 Å². The van der Waals surface area contributed by atoms with Crippen LogP contribution in [0.15, 0.2) is 67.0 Å². The van der Waals surface area contributed by atoms with Crippen LogP contribution in [0, 0.1) is 11.8 Å². The standard InChI is InChI=1S/C31H35Cl2N5O/c32-23-7-2-20(3-8-23)30(21-4-9-24(33)10-5-21)22-6-11-27-26(18-22)28(19-29(39)37-27)36-25-12-16-38(17-13-25)31-34-14-1-15-35-31/h1-5,7-10,14-15,22,25-28,30,36H,6,11-13,16-19H2,(H,37,39). The molecule has 3 aliphatic rings. The molecular formula is C31H35Cl2N5O. The van der Waals surface area contributed by atoms with E-state index in [2.05, 4.69) is 49.8 Å². The number of nitrogens with one attached hydrogen (secondary N) is 2. The van der Waals surface area contributed by atoms with Crippen LogP contribution in [0.25, 0.3) is 0 Å². The summed E-state index contributed by atoms with van der Waals surface area (Å²) in [5, 5.41) is 8.78. The van der Waals surface area contributed by atoms with Crippen LogP contribution in [0.4, 0.5) is 5.95 Å². The molecule has 0 radical (unpaired) electrons. The molecule has 204 valence electrons. The molecule has 2 aliphatic heterocycles. The first-order valence-electron chi connectivity index (χ1n) is 14.1. The highest BCUT2D eigenvalue weighted by Gasteiger charge is 2.43. The molecule has 0 bridgehead atoms. The topological polar surface area (TPSA) is 70.2 Å². The minimum Gasteiger partial charge on any atom is -0.353 e. The number of hydrogen-bond acceptors (Lipinski definition) is 5. The molecular weight excluding hydrogens is 529 g/mol. The quantitative estimate of drug-likeness (QED) is 0.393. The fourth-order valence-corrected chi connectivity index (χ4v) is 7.30. The number of carbonyl (C=O) groups is 1. The van der Waals surface area contributed by atoms with Crippen molar-refractivity contribution in [3.05, 3.63) is 88.2 Å². The number of nitrogens with zero attached hydrogens (tertiary/aromatic N) is 3. The summed E-state index contributed by atoms with van der Waals surface area (Å²) in [7, 11) is 0. The Hall–Kier alpha value is -2.67. The molecule has 2 aromatic carbocycles. The van der Waals surface area contributed by atoms with E-state index in [4.69, 9.17) is 23.2 Å². The van der Waals surface area contributed by atoms with Gasteiger partial charge in [0, 0.05) is 66.0 Å². The number of halogens is 2. The number of benzene rings is 2. The summed E-state index contributed by atoms with van der Waals surface area (Å²) in [6.45, 7) is 1.85. The first kappa shape index (κ1) is 26.5. The summed E-state index contributed by atoms with van der Waals surface area (Å²) in [6, 6.07) is 19.3. The number of carbonyl (C=O) groups excluding carboxylic acids is 1. The van der Waals surface area contributed by atoms with E-state index in [0.29, 0.717) is 24.3 Å². The maximum atomic E-state index is 12.7. The second-order valence-electron chi connectivity index (χ2n) is 11.3. The molecule has 2 saturated heterocycles. The van der Waals surface area contributed by atoms with Crippen molar-refractivity contribution < 1.29 is 4.79 Å². The van der Waals surface area contributed by atoms with E-state index in [1.165, 1.54) is 11.1 Å². The molecule has 4 unspecified atom stereocenters. The third-order valence-electron chi connectivity index (χ3n) is 8.92. The molecule has 3 heterocycles. The number of fused-ring (bicyclic) bond motifs is 1. The minimum absolute atomic E-state index is 0.175. The molecule has 1 amide bonds. The lowest BCUT2D eigenvalue weighted by atomic mass is 9.65. The van der Waals surface area contributed by atoms with Crippen molar-refractivity contribution in [2.75, 3.05) is 18.0 Å². The predicted octanol–water partition coefficient (Wildman–Crippen LogP) is 5.85. The average molecular weight is 565 g/mol. The molecule has 1 aromatic heterocycles. The van der Waals surface area contributed by atoms with Crippen molar-refractivity contribution in [2.45, 2.75) is 62.6 Å². The molecule has 1 saturated carbocycles. The predicted molar refractivity (Wildman–Crippen MR) is 156 cm³/mol. The molecule has 4 atom stereocenters. The molecule has 39 heavy (non-hydrogen) atoms. The summed E-state index contributed by atoms with van der Waals surface area (Å²) in [4.78, 5) is 23.8. The highest BCUT2D eigenvalue weighted by Crippen LogP contribution is 2.45. The summed E-state index contributed by atoms with van der Waals surface area (Å²) in [5.74, 6) is 2.10. The van der Waals surface area contributed by atoms with Crippen LogP contribution in [-0.2, 0) is 4.79 Å². The lowest BCUT2D eigenvalue weighted by Crippen LogP contribution is -2.60. The molecule has 3 fully saturated rings. The Kier molecular flexibility index (Phi) is 8.05. The van der Waals surface area contributed by atoms with E-state index in [-0.39, 0.29) is 23.9 Å². The van der Waals surface area contributed by atoms with Gasteiger partial charge in [-0.25, -0.2) is 9.97 Å². The largest absolute Gasteiger partial charge is 0.353 e. The van der Waals surface area contributed by atoms with Crippen LogP contribution in [0.3, 0.4) is 0 Å². The third-order valence-corrected chi connectivity index (χ3v) is 9.42. The van der Waals surface area contributed by atoms with E-state index in [1.54, 1.807) is 12.4 Å². The highest BCUT2D eigenvalue weighted by molar-refractivity contribution is 6.30. The van der Waals surface area contributed by atoms with Gasteiger partial charge >= 0.3 is 0 Å². The van der Waals surface area contributed by atoms with E-state index in [0.717, 1.165) is 61.2 Å². The van der Waals surface area contributed by atoms with E-state index < -0.39 is 0 Å². The molecule has 3 aromatic rings. The fraction of sp³-hybridized carbons (Fsp3) is 0.452. The van der Waals surface area contributed by atoms with E-state index in [1.807, 2.05) is 30.3 Å². The SMILES string of the molecule is O=C1CC(NC2CCN(c3ncccn3)CC2)C2CC(C(c3ccc(Cl)cc3)c3ccc(Cl)cc3)CCC2N1. The first-order valence-corrected chi connectivity index (χ1v) is 14.9. The van der Waals surface area contributed by atoms with Gasteiger partial charge in [-0.05, 0) is 85.4 Å². The number of rotatable bonds is 6. The Balaban J connectivity index is 1.18. The average Bonchev–Trinajstić information content (AvgIpc) is 2.96. The van der Waals surface area contributed by atoms with Gasteiger partial charge in [0.25, 0.3) is 0 Å². The lowest BCUT2D eigenvalue weighted by molar-refractivity contribution is -0.126. The number of hydrogen-bond donors (Lipinski definition) is 2. The van der Waals surface area contributed by atoms with Gasteiger partial charge in [-0.3, -0.25) is 4.79 Å². The molecule has 1 aliphatic carbocycles. The Morgan fingerprint density at radius 1 is 0.872 bits per heavy atom. The fourth-order valence-electron chi connectivity index (χ4n) is 7.05. The summed E-state index contributed by atoms with van der Waals surface area (Å²) in [6.07, 6.45) is 9.32. The third kappa shape index (κ3) is 6.08. The van der Waals surface area contributed by atoms with Gasteiger partial charge in [0.1, 0.15) is 0 Å². The minimum atomic E-state index is 0.175. The molecule has 2 N–H and O–H groups in total. The second kappa shape index (κ2) is 11.8. The molecule has 8 heteroatoms. The van der Waals surface area contributed by atoms with E-state index in [9.17, 15) is 4.79 Å². The van der Waals surface area contributed by atoms with Gasteiger partial charge in [0.15, 0.2) is 0 Å². The van der Waals surface area contributed by atoms with Crippen molar-refractivity contribution in [3.63, 3.8) is 0 Å². The van der Waals surface area contributed by atoms with Gasteiger partial charge in [0.2, 0.25) is 11.9 Å². The van der Waals surface area contributed by atoms with Crippen molar-refractivity contribution >= 4 is 35.1 Å². The molecule has 6 nitrogen and oxygen atoms in total. The van der Waals surface area contributed by atoms with Gasteiger partial charge < -0.3 is 15.5 Å². The van der Waals surface area contributed by atoms with Crippen LogP contribution in [-0.4, -0.2) is 47.1 Å². The second-order valence-corrected chi connectivity index (χ2v) is 12.2. The normalized spacial score (nSPS) is 25.8. The number of piperidine rings is 2. The number of anilines is 1. The Bertz CT molecular complexity index is 1200. The summed E-state index contributed by atoms with van der Waals surface area (Å²) >= 11 is 12.5. The van der Waals surface area contributed by atoms with E-state index >= 15 is 0 Å². The van der Waals surface area contributed by atoms with Gasteiger partial charge in [-0.1, -0.05) is 47.5 Å². The summed E-state index contributed by atoms with van der Waals surface area (Å²) < 4.78 is 0. The van der Waals surface area contributed by atoms with Crippen molar-refractivity contribution in [2.24, 2.45) is 11.8 Å².